The van der Waals surface area contributed by atoms with Crippen LogP contribution >= 0.6 is 23.5 Å². The normalized spacial score (nSPS) is 15.3. The van der Waals surface area contributed by atoms with Gasteiger partial charge in [0.05, 0.1) is 0 Å². The van der Waals surface area contributed by atoms with Gasteiger partial charge in [-0.25, -0.2) is 9.18 Å². The van der Waals surface area contributed by atoms with E-state index in [-0.39, 0.29) is 42.3 Å². The molecule has 1 aliphatic heterocycles. The van der Waals surface area contributed by atoms with Crippen molar-refractivity contribution in [2.45, 2.75) is 62.4 Å². The molecule has 1 aromatic carbocycles. The third-order valence-corrected chi connectivity index (χ3v) is 9.65. The van der Waals surface area contributed by atoms with Crippen LogP contribution in [-0.2, 0) is 41.7 Å². The Kier molecular flexibility index (Phi) is 14.3. The Balaban J connectivity index is 1.75. The molecule has 242 valence electrons. The number of carbonyl (C=O) groups excluding carboxylic acids is 5. The number of aromatic nitrogens is 1. The van der Waals surface area contributed by atoms with E-state index in [2.05, 4.69) is 20.9 Å². The number of hydrogen-bond donors (Lipinski definition) is 4. The quantitative estimate of drug-likeness (QED) is 0.156. The Labute approximate surface area is 270 Å². The number of ether oxygens (including phenoxy) is 1. The van der Waals surface area contributed by atoms with E-state index in [1.165, 1.54) is 53.9 Å². The van der Waals surface area contributed by atoms with Crippen LogP contribution in [0.3, 0.4) is 0 Å². The minimum Gasteiger partial charge on any atom is -0.458 e. The molecule has 0 bridgehead atoms. The highest BCUT2D eigenvalue weighted by atomic mass is 32.2. The summed E-state index contributed by atoms with van der Waals surface area (Å²) in [5.74, 6) is -1.78. The number of rotatable bonds is 16. The highest BCUT2D eigenvalue weighted by Crippen LogP contribution is 2.32. The van der Waals surface area contributed by atoms with Crippen LogP contribution in [-0.4, -0.2) is 68.8 Å². The maximum atomic E-state index is 13.6. The van der Waals surface area contributed by atoms with E-state index < -0.39 is 47.6 Å². The first-order valence-corrected chi connectivity index (χ1v) is 16.5. The second-order valence-electron chi connectivity index (χ2n) is 10.6. The number of hydrogen-bond acceptors (Lipinski definition) is 9. The summed E-state index contributed by atoms with van der Waals surface area (Å²) >= 11 is 3.02. The second-order valence-corrected chi connectivity index (χ2v) is 13.4. The van der Waals surface area contributed by atoms with Gasteiger partial charge in [-0.1, -0.05) is 38.1 Å². The minimum atomic E-state index is -1.14. The molecule has 0 spiro atoms. The lowest BCUT2D eigenvalue weighted by molar-refractivity contribution is -0.139. The van der Waals surface area contributed by atoms with E-state index in [9.17, 15) is 28.4 Å². The van der Waals surface area contributed by atoms with Crippen LogP contribution in [0.5, 0.6) is 0 Å². The topological polar surface area (TPSA) is 170 Å². The molecule has 1 saturated heterocycles. The molecule has 1 aliphatic rings. The van der Waals surface area contributed by atoms with Crippen molar-refractivity contribution in [1.82, 2.24) is 20.9 Å². The van der Waals surface area contributed by atoms with Crippen LogP contribution in [0.2, 0.25) is 0 Å². The van der Waals surface area contributed by atoms with Crippen molar-refractivity contribution >= 4 is 53.1 Å². The number of halogens is 1. The lowest BCUT2D eigenvalue weighted by Crippen LogP contribution is -2.57. The van der Waals surface area contributed by atoms with Gasteiger partial charge in [0.15, 0.2) is 0 Å². The third kappa shape index (κ3) is 12.5. The fourth-order valence-corrected chi connectivity index (χ4v) is 6.87. The first-order valence-electron chi connectivity index (χ1n) is 14.4. The molecule has 1 fully saturated rings. The first kappa shape index (κ1) is 35.6. The molecule has 1 aromatic heterocycles. The molecule has 0 radical (unpaired) electrons. The van der Waals surface area contributed by atoms with Crippen molar-refractivity contribution in [1.29, 1.82) is 0 Å². The number of benzene rings is 1. The van der Waals surface area contributed by atoms with Crippen LogP contribution in [0.15, 0.2) is 60.9 Å². The second kappa shape index (κ2) is 18.2. The molecule has 2 aromatic rings. The van der Waals surface area contributed by atoms with Gasteiger partial charge in [0, 0.05) is 54.4 Å². The summed E-state index contributed by atoms with van der Waals surface area (Å²) in [7, 11) is 0. The van der Waals surface area contributed by atoms with Crippen molar-refractivity contribution in [3.63, 3.8) is 0 Å². The number of amides is 4. The van der Waals surface area contributed by atoms with Crippen LogP contribution < -0.4 is 21.7 Å². The lowest BCUT2D eigenvalue weighted by atomic mass is 10.0. The molecule has 3 rings (SSSR count). The SMILES string of the molecule is CC(C)[C@H](NC(=O)C1SCCS1)C(=O)N[C@@H](Cc1ccc(F)cc1)C(=O)N[C@H](C=CC(=O)OCc1cccnc1)CCC(N)=O. The van der Waals surface area contributed by atoms with Gasteiger partial charge in [-0.3, -0.25) is 24.2 Å². The lowest BCUT2D eigenvalue weighted by Gasteiger charge is -2.27. The van der Waals surface area contributed by atoms with E-state index in [4.69, 9.17) is 10.5 Å². The van der Waals surface area contributed by atoms with Crippen LogP contribution in [0.1, 0.15) is 37.8 Å². The Hall–Kier alpha value is -3.91. The molecule has 0 saturated carbocycles. The molecule has 3 atom stereocenters. The Bertz CT molecular complexity index is 1340. The molecule has 5 N–H and O–H groups in total. The molecule has 4 amide bonds. The molecule has 0 unspecified atom stereocenters. The van der Waals surface area contributed by atoms with Crippen molar-refractivity contribution in [2.75, 3.05) is 11.5 Å². The minimum absolute atomic E-state index is 0.00432. The number of thioether (sulfide) groups is 2. The molecule has 0 aliphatic carbocycles. The van der Waals surface area contributed by atoms with Crippen molar-refractivity contribution in [2.24, 2.45) is 11.7 Å². The first-order chi connectivity index (χ1) is 21.5. The van der Waals surface area contributed by atoms with Crippen molar-refractivity contribution < 1.29 is 33.1 Å². The number of pyridine rings is 1. The third-order valence-electron chi connectivity index (χ3n) is 6.67. The molecule has 11 nitrogen and oxygen atoms in total. The van der Waals surface area contributed by atoms with E-state index in [1.807, 2.05) is 0 Å². The monoisotopic (exact) mass is 659 g/mol. The van der Waals surface area contributed by atoms with E-state index in [1.54, 1.807) is 38.4 Å². The summed E-state index contributed by atoms with van der Waals surface area (Å²) in [6.07, 6.45) is 5.67. The standard InChI is InChI=1S/C31H38FN5O6S2/c1-19(2)27(37-30(42)31-44-14-15-45-31)29(41)36-24(16-20-5-7-22(32)8-6-20)28(40)35-23(9-11-25(33)38)10-12-26(39)43-18-21-4-3-13-34-17-21/h3-8,10,12-13,17,19,23-24,27,31H,9,11,14-16,18H2,1-2H3,(H2,33,38)(H,35,40)(H,36,41)(H,37,42)/t23-,24-,27-/m0/s1. The van der Waals surface area contributed by atoms with Gasteiger partial charge in [-0.2, -0.15) is 0 Å². The van der Waals surface area contributed by atoms with E-state index >= 15 is 0 Å². The number of primary amides is 1. The fourth-order valence-electron chi connectivity index (χ4n) is 4.27. The smallest absolute Gasteiger partial charge is 0.330 e. The van der Waals surface area contributed by atoms with E-state index in [0.717, 1.165) is 17.6 Å². The predicted molar refractivity (Wildman–Crippen MR) is 171 cm³/mol. The largest absolute Gasteiger partial charge is 0.458 e. The number of nitrogens with two attached hydrogens (primary N) is 1. The molecule has 45 heavy (non-hydrogen) atoms. The average molecular weight is 660 g/mol. The summed E-state index contributed by atoms with van der Waals surface area (Å²) in [5, 5.41) is 8.31. The number of nitrogens with one attached hydrogen (secondary N) is 3. The Morgan fingerprint density at radius 2 is 1.73 bits per heavy atom. The highest BCUT2D eigenvalue weighted by Gasteiger charge is 2.32. The predicted octanol–water partition coefficient (Wildman–Crippen LogP) is 2.24. The van der Waals surface area contributed by atoms with Gasteiger partial charge in [-0.15, -0.1) is 23.5 Å². The van der Waals surface area contributed by atoms with Gasteiger partial charge in [0.1, 0.15) is 29.1 Å². The molecule has 2 heterocycles. The van der Waals surface area contributed by atoms with Crippen LogP contribution in [0.25, 0.3) is 0 Å². The Morgan fingerprint density at radius 1 is 1.02 bits per heavy atom. The zero-order valence-corrected chi connectivity index (χ0v) is 26.7. The fraction of sp³-hybridized carbons (Fsp3) is 0.419. The zero-order chi connectivity index (χ0) is 32.8. The maximum absolute atomic E-state index is 13.6. The number of carbonyl (C=O) groups is 5. The van der Waals surface area contributed by atoms with Gasteiger partial charge >= 0.3 is 5.97 Å². The average Bonchev–Trinajstić information content (AvgIpc) is 3.56. The van der Waals surface area contributed by atoms with Gasteiger partial charge in [0.25, 0.3) is 0 Å². The van der Waals surface area contributed by atoms with Crippen LogP contribution in [0, 0.1) is 11.7 Å². The van der Waals surface area contributed by atoms with Gasteiger partial charge < -0.3 is 26.4 Å². The highest BCUT2D eigenvalue weighted by molar-refractivity contribution is 8.21. The molecular weight excluding hydrogens is 622 g/mol. The number of nitrogens with zero attached hydrogens (tertiary/aromatic N) is 1. The summed E-state index contributed by atoms with van der Waals surface area (Å²) in [5.41, 5.74) is 6.59. The van der Waals surface area contributed by atoms with Gasteiger partial charge in [-0.05, 0) is 36.1 Å². The Morgan fingerprint density at radius 3 is 2.36 bits per heavy atom. The van der Waals surface area contributed by atoms with Crippen molar-refractivity contribution in [3.8, 4) is 0 Å². The summed E-state index contributed by atoms with van der Waals surface area (Å²) < 4.78 is 18.5. The zero-order valence-electron chi connectivity index (χ0n) is 25.1. The maximum Gasteiger partial charge on any atom is 0.330 e. The molecule has 14 heteroatoms. The summed E-state index contributed by atoms with van der Waals surface area (Å²) in [4.78, 5) is 67.7. The summed E-state index contributed by atoms with van der Waals surface area (Å²) in [6, 6.07) is 6.08. The van der Waals surface area contributed by atoms with Crippen LogP contribution in [0.4, 0.5) is 4.39 Å². The molecular formula is C31H38FN5O6S2. The van der Waals surface area contributed by atoms with Gasteiger partial charge in [0.2, 0.25) is 23.6 Å². The van der Waals surface area contributed by atoms with Crippen molar-refractivity contribution in [3.05, 3.63) is 77.9 Å². The van der Waals surface area contributed by atoms with E-state index in [0.29, 0.717) is 11.1 Å². The number of esters is 1. The summed E-state index contributed by atoms with van der Waals surface area (Å²) in [6.45, 7) is 3.56.